The molecule has 5 atom stereocenters. The first-order chi connectivity index (χ1) is 22.7. The SMILES string of the molecule is CO[C@@H]1O[C@@H](COS(=O)(=O)c2ccc(C)cc2)[C@H](OC(=O)c2ccccc2)[C@H](OC(=O)c2ccccc2)[C@@H]1OC(=O)c1ccccc1. The van der Waals surface area contributed by atoms with E-state index >= 15 is 0 Å². The first-order valence-electron chi connectivity index (χ1n) is 14.6. The Morgan fingerprint density at radius 3 is 1.49 bits per heavy atom. The summed E-state index contributed by atoms with van der Waals surface area (Å²) in [4.78, 5) is 40.0. The van der Waals surface area contributed by atoms with Crippen LogP contribution in [-0.4, -0.2) is 70.7 Å². The van der Waals surface area contributed by atoms with Gasteiger partial charge in [0.05, 0.1) is 28.2 Å². The number of esters is 3. The normalized spacial score (nSPS) is 20.9. The van der Waals surface area contributed by atoms with Gasteiger partial charge in [0, 0.05) is 7.11 Å². The second-order valence-electron chi connectivity index (χ2n) is 10.5. The Bertz CT molecular complexity index is 1760. The predicted molar refractivity (Wildman–Crippen MR) is 167 cm³/mol. The Hall–Kier alpha value is -4.88. The molecule has 0 spiro atoms. The van der Waals surface area contributed by atoms with E-state index in [1.54, 1.807) is 66.7 Å². The van der Waals surface area contributed by atoms with Gasteiger partial charge < -0.3 is 23.7 Å². The van der Waals surface area contributed by atoms with Gasteiger partial charge >= 0.3 is 17.9 Å². The van der Waals surface area contributed by atoms with E-state index in [0.29, 0.717) is 0 Å². The van der Waals surface area contributed by atoms with Gasteiger partial charge in [0.2, 0.25) is 0 Å². The molecule has 1 heterocycles. The molecular weight excluding hydrogens is 628 g/mol. The van der Waals surface area contributed by atoms with Crippen molar-refractivity contribution in [3.63, 3.8) is 0 Å². The van der Waals surface area contributed by atoms with E-state index in [-0.39, 0.29) is 21.6 Å². The van der Waals surface area contributed by atoms with Crippen molar-refractivity contribution < 1.29 is 50.7 Å². The standard InChI is InChI=1S/C35H32O11S/c1-23-18-20-27(21-19-23)47(39,40)42-22-28-29(44-32(36)24-12-6-3-7-13-24)30(45-33(37)25-14-8-4-9-15-25)31(35(41-2)43-28)46-34(38)26-16-10-5-11-17-26/h3-21,28-31,35H,22H2,1-2H3/t28-,29-,30-,31-,35+/m0/s1. The van der Waals surface area contributed by atoms with Crippen molar-refractivity contribution in [3.8, 4) is 0 Å². The molecule has 244 valence electrons. The number of benzene rings is 4. The van der Waals surface area contributed by atoms with Crippen molar-refractivity contribution in [2.24, 2.45) is 0 Å². The van der Waals surface area contributed by atoms with Crippen molar-refractivity contribution in [2.75, 3.05) is 13.7 Å². The lowest BCUT2D eigenvalue weighted by molar-refractivity contribution is -0.290. The fourth-order valence-corrected chi connectivity index (χ4v) is 5.75. The van der Waals surface area contributed by atoms with Crippen LogP contribution < -0.4 is 0 Å². The molecule has 0 radical (unpaired) electrons. The number of carbonyl (C=O) groups excluding carboxylic acids is 3. The molecule has 1 fully saturated rings. The summed E-state index contributed by atoms with van der Waals surface area (Å²) in [6.07, 6.45) is -7.34. The van der Waals surface area contributed by atoms with E-state index in [1.165, 1.54) is 55.6 Å². The lowest BCUT2D eigenvalue weighted by Gasteiger charge is -2.44. The summed E-state index contributed by atoms with van der Waals surface area (Å²) in [6.45, 7) is 1.13. The second-order valence-corrected chi connectivity index (χ2v) is 12.2. The highest BCUT2D eigenvalue weighted by molar-refractivity contribution is 7.86. The van der Waals surface area contributed by atoms with Crippen molar-refractivity contribution in [3.05, 3.63) is 138 Å². The molecule has 1 aliphatic heterocycles. The monoisotopic (exact) mass is 660 g/mol. The van der Waals surface area contributed by atoms with Gasteiger partial charge in [-0.05, 0) is 55.5 Å². The highest BCUT2D eigenvalue weighted by Crippen LogP contribution is 2.32. The zero-order valence-electron chi connectivity index (χ0n) is 25.5. The Balaban J connectivity index is 1.52. The van der Waals surface area contributed by atoms with E-state index < -0.39 is 65.3 Å². The van der Waals surface area contributed by atoms with Crippen LogP contribution in [0.5, 0.6) is 0 Å². The van der Waals surface area contributed by atoms with Gasteiger partial charge in [-0.25, -0.2) is 14.4 Å². The average Bonchev–Trinajstić information content (AvgIpc) is 3.10. The number of hydrogen-bond acceptors (Lipinski definition) is 11. The van der Waals surface area contributed by atoms with Gasteiger partial charge in [-0.2, -0.15) is 8.42 Å². The molecule has 0 bridgehead atoms. The van der Waals surface area contributed by atoms with Crippen LogP contribution >= 0.6 is 0 Å². The summed E-state index contributed by atoms with van der Waals surface area (Å²) in [5, 5.41) is 0. The van der Waals surface area contributed by atoms with Crippen molar-refractivity contribution >= 4 is 28.0 Å². The maximum Gasteiger partial charge on any atom is 0.338 e. The molecule has 0 amide bonds. The minimum absolute atomic E-state index is 0.109. The third-order valence-electron chi connectivity index (χ3n) is 7.28. The van der Waals surface area contributed by atoms with Crippen LogP contribution in [0.1, 0.15) is 36.6 Å². The lowest BCUT2D eigenvalue weighted by Crippen LogP contribution is -2.63. The molecule has 0 unspecified atom stereocenters. The first kappa shape index (κ1) is 33.5. The summed E-state index contributed by atoms with van der Waals surface area (Å²) in [6, 6.07) is 30.0. The number of ether oxygens (including phenoxy) is 5. The zero-order valence-corrected chi connectivity index (χ0v) is 26.3. The van der Waals surface area contributed by atoms with Gasteiger partial charge in [-0.3, -0.25) is 4.18 Å². The number of aryl methyl sites for hydroxylation is 1. The molecule has 1 aliphatic rings. The third-order valence-corrected chi connectivity index (χ3v) is 8.57. The Labute approximate surface area is 272 Å². The van der Waals surface area contributed by atoms with Gasteiger partial charge in [0.25, 0.3) is 10.1 Å². The third kappa shape index (κ3) is 8.29. The van der Waals surface area contributed by atoms with Gasteiger partial charge in [-0.1, -0.05) is 72.3 Å². The molecule has 12 heteroatoms. The number of carbonyl (C=O) groups is 3. The molecule has 5 rings (SSSR count). The molecule has 0 aromatic heterocycles. The predicted octanol–water partition coefficient (Wildman–Crippen LogP) is 4.75. The van der Waals surface area contributed by atoms with Crippen molar-refractivity contribution in [1.82, 2.24) is 0 Å². The Morgan fingerprint density at radius 1 is 0.617 bits per heavy atom. The van der Waals surface area contributed by atoms with Gasteiger partial charge in [0.1, 0.15) is 6.10 Å². The number of hydrogen-bond donors (Lipinski definition) is 0. The Kier molecular flexibility index (Phi) is 10.8. The minimum Gasteiger partial charge on any atom is -0.452 e. The number of methoxy groups -OCH3 is 1. The smallest absolute Gasteiger partial charge is 0.338 e. The molecular formula is C35H32O11S. The topological polar surface area (TPSA) is 141 Å². The average molecular weight is 661 g/mol. The van der Waals surface area contributed by atoms with E-state index in [9.17, 15) is 22.8 Å². The largest absolute Gasteiger partial charge is 0.452 e. The zero-order chi connectivity index (χ0) is 33.4. The van der Waals surface area contributed by atoms with E-state index in [4.69, 9.17) is 27.9 Å². The molecule has 47 heavy (non-hydrogen) atoms. The molecule has 4 aromatic rings. The highest BCUT2D eigenvalue weighted by Gasteiger charge is 2.53. The van der Waals surface area contributed by atoms with Gasteiger partial charge in [0.15, 0.2) is 24.6 Å². The van der Waals surface area contributed by atoms with Crippen molar-refractivity contribution in [2.45, 2.75) is 42.5 Å². The maximum atomic E-state index is 13.4. The molecule has 11 nitrogen and oxygen atoms in total. The first-order valence-corrected chi connectivity index (χ1v) is 16.0. The molecule has 0 aliphatic carbocycles. The minimum atomic E-state index is -4.31. The fraction of sp³-hybridized carbons (Fsp3) is 0.229. The van der Waals surface area contributed by atoms with Crippen molar-refractivity contribution in [1.29, 1.82) is 0 Å². The molecule has 0 saturated carbocycles. The van der Waals surface area contributed by atoms with Gasteiger partial charge in [-0.15, -0.1) is 0 Å². The van der Waals surface area contributed by atoms with Crippen LogP contribution in [0.15, 0.2) is 120 Å². The van der Waals surface area contributed by atoms with Crippen LogP contribution in [0.4, 0.5) is 0 Å². The number of rotatable bonds is 11. The van der Waals surface area contributed by atoms with E-state index in [1.807, 2.05) is 6.92 Å². The van der Waals surface area contributed by atoms with Crippen LogP contribution in [0.2, 0.25) is 0 Å². The van der Waals surface area contributed by atoms with Crippen LogP contribution in [-0.2, 0) is 38.0 Å². The summed E-state index contributed by atoms with van der Waals surface area (Å²) < 4.78 is 60.8. The molecule has 1 saturated heterocycles. The quantitative estimate of drug-likeness (QED) is 0.125. The van der Waals surface area contributed by atoms with E-state index in [0.717, 1.165) is 5.56 Å². The molecule has 4 aromatic carbocycles. The van der Waals surface area contributed by atoms with Crippen LogP contribution in [0.25, 0.3) is 0 Å². The maximum absolute atomic E-state index is 13.4. The highest BCUT2D eigenvalue weighted by atomic mass is 32.2. The lowest BCUT2D eigenvalue weighted by atomic mass is 9.97. The van der Waals surface area contributed by atoms with Crippen LogP contribution in [0, 0.1) is 6.92 Å². The van der Waals surface area contributed by atoms with Crippen LogP contribution in [0.3, 0.4) is 0 Å². The Morgan fingerprint density at radius 2 is 1.04 bits per heavy atom. The molecule has 0 N–H and O–H groups in total. The summed E-state index contributed by atoms with van der Waals surface area (Å²) in [5.74, 6) is -2.47. The van der Waals surface area contributed by atoms with E-state index in [2.05, 4.69) is 0 Å². The second kappa shape index (κ2) is 15.1. The fourth-order valence-electron chi connectivity index (χ4n) is 4.83. The summed E-state index contributed by atoms with van der Waals surface area (Å²) in [7, 11) is -3.05. The summed E-state index contributed by atoms with van der Waals surface area (Å²) >= 11 is 0. The summed E-state index contributed by atoms with van der Waals surface area (Å²) in [5.41, 5.74) is 1.33.